The van der Waals surface area contributed by atoms with Crippen LogP contribution in [-0.2, 0) is 5.41 Å². The second-order valence-corrected chi connectivity index (χ2v) is 6.13. The zero-order valence-electron chi connectivity index (χ0n) is 12.6. The highest BCUT2D eigenvalue weighted by Gasteiger charge is 2.37. The summed E-state index contributed by atoms with van der Waals surface area (Å²) in [7, 11) is 0. The van der Waals surface area contributed by atoms with Gasteiger partial charge in [0.2, 0.25) is 0 Å². The quantitative estimate of drug-likeness (QED) is 0.846. The fraction of sp³-hybridized carbons (Fsp3) is 0.211. The van der Waals surface area contributed by atoms with Crippen molar-refractivity contribution in [2.45, 2.75) is 11.8 Å². The highest BCUT2D eigenvalue weighted by molar-refractivity contribution is 5.89. The minimum absolute atomic E-state index is 0.131. The standard InChI is InChI=1S/C19H17NO3/c21-18(22)14-7-8-17-16(10-14)20-11-19(12-23-17)9-3-5-13-4-1-2-6-15(13)19/h1-8,10,20H,9,11-12H2,(H,21,22). The molecule has 0 aromatic heterocycles. The number of carboxylic acids is 1. The molecule has 1 heterocycles. The smallest absolute Gasteiger partial charge is 0.335 e. The summed E-state index contributed by atoms with van der Waals surface area (Å²) in [6, 6.07) is 13.3. The van der Waals surface area contributed by atoms with Gasteiger partial charge in [-0.3, -0.25) is 0 Å². The van der Waals surface area contributed by atoms with E-state index in [0.29, 0.717) is 18.9 Å². The number of rotatable bonds is 1. The van der Waals surface area contributed by atoms with Crippen LogP contribution in [0.2, 0.25) is 0 Å². The topological polar surface area (TPSA) is 58.6 Å². The van der Waals surface area contributed by atoms with Crippen molar-refractivity contribution in [3.05, 3.63) is 65.2 Å². The molecule has 4 heteroatoms. The van der Waals surface area contributed by atoms with Crippen LogP contribution in [0, 0.1) is 0 Å². The minimum Gasteiger partial charge on any atom is -0.490 e. The third-order valence-electron chi connectivity index (χ3n) is 4.69. The van der Waals surface area contributed by atoms with Gasteiger partial charge in [0.25, 0.3) is 0 Å². The molecular weight excluding hydrogens is 290 g/mol. The molecule has 4 nitrogen and oxygen atoms in total. The van der Waals surface area contributed by atoms with E-state index >= 15 is 0 Å². The van der Waals surface area contributed by atoms with Crippen molar-refractivity contribution in [2.75, 3.05) is 18.5 Å². The molecule has 0 fully saturated rings. The third-order valence-corrected chi connectivity index (χ3v) is 4.69. The number of hydrogen-bond donors (Lipinski definition) is 2. The lowest BCUT2D eigenvalue weighted by Gasteiger charge is -2.35. The van der Waals surface area contributed by atoms with Crippen LogP contribution in [0.5, 0.6) is 5.75 Å². The molecule has 4 rings (SSSR count). The molecule has 23 heavy (non-hydrogen) atoms. The molecule has 0 amide bonds. The normalized spacial score (nSPS) is 21.6. The van der Waals surface area contributed by atoms with E-state index in [4.69, 9.17) is 9.84 Å². The van der Waals surface area contributed by atoms with Crippen LogP contribution in [0.3, 0.4) is 0 Å². The first-order valence-electron chi connectivity index (χ1n) is 7.68. The van der Waals surface area contributed by atoms with E-state index in [1.54, 1.807) is 18.2 Å². The molecule has 1 spiro atoms. The Kier molecular flexibility index (Phi) is 3.11. The van der Waals surface area contributed by atoms with Gasteiger partial charge < -0.3 is 15.2 Å². The third kappa shape index (κ3) is 2.27. The predicted octanol–water partition coefficient (Wildman–Crippen LogP) is 3.54. The lowest BCUT2D eigenvalue weighted by atomic mass is 9.73. The molecule has 2 N–H and O–H groups in total. The van der Waals surface area contributed by atoms with E-state index in [2.05, 4.69) is 35.7 Å². The fourth-order valence-electron chi connectivity index (χ4n) is 3.41. The summed E-state index contributed by atoms with van der Waals surface area (Å²) >= 11 is 0. The summed E-state index contributed by atoms with van der Waals surface area (Å²) in [6.45, 7) is 1.28. The lowest BCUT2D eigenvalue weighted by Crippen LogP contribution is -2.40. The Morgan fingerprint density at radius 3 is 2.96 bits per heavy atom. The van der Waals surface area contributed by atoms with Crippen molar-refractivity contribution in [1.82, 2.24) is 0 Å². The number of benzene rings is 2. The molecule has 0 saturated heterocycles. The summed E-state index contributed by atoms with van der Waals surface area (Å²) in [6.07, 6.45) is 5.24. The van der Waals surface area contributed by atoms with Crippen LogP contribution in [-0.4, -0.2) is 24.2 Å². The van der Waals surface area contributed by atoms with Gasteiger partial charge in [0.1, 0.15) is 5.75 Å². The number of fused-ring (bicyclic) bond motifs is 3. The Balaban J connectivity index is 1.71. The lowest BCUT2D eigenvalue weighted by molar-refractivity contribution is 0.0697. The van der Waals surface area contributed by atoms with Gasteiger partial charge in [-0.2, -0.15) is 0 Å². The van der Waals surface area contributed by atoms with E-state index in [0.717, 1.165) is 12.1 Å². The van der Waals surface area contributed by atoms with Gasteiger partial charge in [0, 0.05) is 6.54 Å². The molecule has 0 radical (unpaired) electrons. The number of aromatic carboxylic acids is 1. The maximum absolute atomic E-state index is 11.2. The molecule has 2 aromatic carbocycles. The molecule has 0 bridgehead atoms. The first-order valence-corrected chi connectivity index (χ1v) is 7.68. The Labute approximate surface area is 134 Å². The molecule has 2 aromatic rings. The number of anilines is 1. The van der Waals surface area contributed by atoms with Gasteiger partial charge in [-0.15, -0.1) is 0 Å². The molecule has 1 unspecified atom stereocenters. The summed E-state index contributed by atoms with van der Waals surface area (Å²) in [5.41, 5.74) is 3.38. The Morgan fingerprint density at radius 1 is 1.22 bits per heavy atom. The van der Waals surface area contributed by atoms with Crippen molar-refractivity contribution in [3.8, 4) is 5.75 Å². The maximum Gasteiger partial charge on any atom is 0.335 e. The number of carboxylic acid groups (broad SMARTS) is 1. The number of hydrogen-bond acceptors (Lipinski definition) is 3. The molecule has 1 aliphatic carbocycles. The zero-order chi connectivity index (χ0) is 15.9. The highest BCUT2D eigenvalue weighted by atomic mass is 16.5. The molecule has 116 valence electrons. The van der Waals surface area contributed by atoms with E-state index < -0.39 is 5.97 Å². The Bertz CT molecular complexity index is 812. The van der Waals surface area contributed by atoms with E-state index in [1.807, 2.05) is 6.07 Å². The molecule has 1 aliphatic heterocycles. The second-order valence-electron chi connectivity index (χ2n) is 6.13. The second kappa shape index (κ2) is 5.16. The average Bonchev–Trinajstić information content (AvgIpc) is 2.76. The van der Waals surface area contributed by atoms with Gasteiger partial charge >= 0.3 is 5.97 Å². The van der Waals surface area contributed by atoms with Gasteiger partial charge in [-0.05, 0) is 35.7 Å². The Hall–Kier alpha value is -2.75. The van der Waals surface area contributed by atoms with Crippen molar-refractivity contribution >= 4 is 17.7 Å². The minimum atomic E-state index is -0.931. The van der Waals surface area contributed by atoms with Gasteiger partial charge in [0.15, 0.2) is 0 Å². The fourth-order valence-corrected chi connectivity index (χ4v) is 3.41. The molecular formula is C19H17NO3. The van der Waals surface area contributed by atoms with Crippen molar-refractivity contribution < 1.29 is 14.6 Å². The van der Waals surface area contributed by atoms with Crippen LogP contribution in [0.1, 0.15) is 27.9 Å². The van der Waals surface area contributed by atoms with E-state index in [1.165, 1.54) is 11.1 Å². The van der Waals surface area contributed by atoms with Crippen molar-refractivity contribution in [3.63, 3.8) is 0 Å². The van der Waals surface area contributed by atoms with Crippen molar-refractivity contribution in [2.24, 2.45) is 0 Å². The molecule has 0 saturated carbocycles. The van der Waals surface area contributed by atoms with Crippen LogP contribution in [0.25, 0.3) is 6.08 Å². The zero-order valence-corrected chi connectivity index (χ0v) is 12.6. The summed E-state index contributed by atoms with van der Waals surface area (Å²) in [4.78, 5) is 11.2. The van der Waals surface area contributed by atoms with Gasteiger partial charge in [-0.1, -0.05) is 36.4 Å². The first kappa shape index (κ1) is 13.9. The van der Waals surface area contributed by atoms with Gasteiger partial charge in [-0.25, -0.2) is 4.79 Å². The van der Waals surface area contributed by atoms with Crippen LogP contribution >= 0.6 is 0 Å². The van der Waals surface area contributed by atoms with E-state index in [9.17, 15) is 4.79 Å². The monoisotopic (exact) mass is 307 g/mol. The van der Waals surface area contributed by atoms with Gasteiger partial charge in [0.05, 0.1) is 23.3 Å². The summed E-state index contributed by atoms with van der Waals surface area (Å²) < 4.78 is 6.04. The van der Waals surface area contributed by atoms with Crippen LogP contribution < -0.4 is 10.1 Å². The summed E-state index contributed by atoms with van der Waals surface area (Å²) in [5, 5.41) is 12.6. The SMILES string of the molecule is O=C(O)c1ccc2c(c1)NCC1(CC=Cc3ccccc31)CO2. The van der Waals surface area contributed by atoms with Crippen molar-refractivity contribution in [1.29, 1.82) is 0 Å². The number of carbonyl (C=O) groups is 1. The largest absolute Gasteiger partial charge is 0.490 e. The highest BCUT2D eigenvalue weighted by Crippen LogP contribution is 2.40. The number of allylic oxidation sites excluding steroid dienone is 1. The molecule has 1 atom stereocenters. The number of nitrogens with one attached hydrogen (secondary N) is 1. The first-order chi connectivity index (χ1) is 11.2. The Morgan fingerprint density at radius 2 is 2.09 bits per heavy atom. The average molecular weight is 307 g/mol. The molecule has 2 aliphatic rings. The maximum atomic E-state index is 11.2. The van der Waals surface area contributed by atoms with Crippen LogP contribution in [0.4, 0.5) is 5.69 Å². The van der Waals surface area contributed by atoms with Crippen LogP contribution in [0.15, 0.2) is 48.5 Å². The summed E-state index contributed by atoms with van der Waals surface area (Å²) in [5.74, 6) is -0.224. The number of ether oxygens (including phenoxy) is 1. The predicted molar refractivity (Wildman–Crippen MR) is 89.2 cm³/mol. The van der Waals surface area contributed by atoms with E-state index in [-0.39, 0.29) is 11.0 Å².